The molecule has 136 valence electrons. The lowest BCUT2D eigenvalue weighted by Crippen LogP contribution is -2.45. The average molecular weight is 341 g/mol. The molecule has 0 bridgehead atoms. The normalized spacial score (nSPS) is 23.5. The zero-order chi connectivity index (χ0) is 17.1. The summed E-state index contributed by atoms with van der Waals surface area (Å²) in [7, 11) is 0. The second-order valence-corrected chi connectivity index (χ2v) is 8.05. The van der Waals surface area contributed by atoms with Crippen LogP contribution in [0.2, 0.25) is 0 Å². The van der Waals surface area contributed by atoms with E-state index in [9.17, 15) is 4.79 Å². The van der Waals surface area contributed by atoms with Crippen LogP contribution in [0.25, 0.3) is 0 Å². The molecular formula is C21H31N3O. The fraction of sp³-hybridized carbons (Fsp3) is 0.667. The summed E-state index contributed by atoms with van der Waals surface area (Å²) in [6, 6.07) is 9.43. The molecule has 0 aromatic heterocycles. The lowest BCUT2D eigenvalue weighted by atomic mass is 10.0. The second kappa shape index (κ2) is 7.88. The predicted molar refractivity (Wildman–Crippen MR) is 101 cm³/mol. The Balaban J connectivity index is 1.25. The molecule has 4 nitrogen and oxygen atoms in total. The lowest BCUT2D eigenvalue weighted by Gasteiger charge is -2.32. The maximum Gasteiger partial charge on any atom is 0.251 e. The van der Waals surface area contributed by atoms with Crippen LogP contribution in [0.4, 0.5) is 0 Å². The Morgan fingerprint density at radius 1 is 0.920 bits per heavy atom. The largest absolute Gasteiger partial charge is 0.349 e. The number of rotatable bonds is 5. The van der Waals surface area contributed by atoms with E-state index in [0.29, 0.717) is 6.04 Å². The van der Waals surface area contributed by atoms with E-state index in [2.05, 4.69) is 27.2 Å². The summed E-state index contributed by atoms with van der Waals surface area (Å²) in [4.78, 5) is 17.6. The van der Waals surface area contributed by atoms with Gasteiger partial charge in [0.05, 0.1) is 0 Å². The molecule has 1 N–H and O–H groups in total. The highest BCUT2D eigenvalue weighted by Crippen LogP contribution is 2.29. The van der Waals surface area contributed by atoms with Gasteiger partial charge in [0.2, 0.25) is 0 Å². The molecule has 1 aromatic carbocycles. The molecule has 2 saturated heterocycles. The van der Waals surface area contributed by atoms with Crippen molar-refractivity contribution in [2.24, 2.45) is 0 Å². The summed E-state index contributed by atoms with van der Waals surface area (Å²) in [6.07, 6.45) is 8.95. The molecule has 0 unspecified atom stereocenters. The van der Waals surface area contributed by atoms with E-state index < -0.39 is 0 Å². The van der Waals surface area contributed by atoms with E-state index >= 15 is 0 Å². The molecule has 4 heteroatoms. The van der Waals surface area contributed by atoms with E-state index in [0.717, 1.165) is 44.1 Å². The first-order valence-corrected chi connectivity index (χ1v) is 10.1. The summed E-state index contributed by atoms with van der Waals surface area (Å²) < 4.78 is 0. The Bertz CT molecular complexity index is 567. The second-order valence-electron chi connectivity index (χ2n) is 8.05. The summed E-state index contributed by atoms with van der Waals surface area (Å²) in [6.45, 7) is 5.72. The van der Waals surface area contributed by atoms with Crippen molar-refractivity contribution in [3.05, 3.63) is 35.4 Å². The van der Waals surface area contributed by atoms with Crippen molar-refractivity contribution in [1.29, 1.82) is 0 Å². The van der Waals surface area contributed by atoms with Crippen LogP contribution in [0, 0.1) is 0 Å². The van der Waals surface area contributed by atoms with Gasteiger partial charge in [-0.3, -0.25) is 9.69 Å². The van der Waals surface area contributed by atoms with Crippen molar-refractivity contribution in [1.82, 2.24) is 15.1 Å². The molecule has 1 aromatic rings. The van der Waals surface area contributed by atoms with Crippen molar-refractivity contribution >= 4 is 5.91 Å². The fourth-order valence-corrected chi connectivity index (χ4v) is 4.25. The predicted octanol–water partition coefficient (Wildman–Crippen LogP) is 3.03. The van der Waals surface area contributed by atoms with Gasteiger partial charge in [-0.15, -0.1) is 0 Å². The molecule has 0 radical (unpaired) electrons. The minimum atomic E-state index is 0.0920. The van der Waals surface area contributed by atoms with Gasteiger partial charge < -0.3 is 10.2 Å². The van der Waals surface area contributed by atoms with E-state index in [-0.39, 0.29) is 5.91 Å². The Morgan fingerprint density at radius 3 is 2.24 bits per heavy atom. The number of hydrogen-bond acceptors (Lipinski definition) is 3. The van der Waals surface area contributed by atoms with Gasteiger partial charge in [0, 0.05) is 37.3 Å². The lowest BCUT2D eigenvalue weighted by molar-refractivity contribution is 0.0909. The number of nitrogens with zero attached hydrogens (tertiary/aromatic N) is 2. The topological polar surface area (TPSA) is 35.6 Å². The van der Waals surface area contributed by atoms with Crippen LogP contribution in [0.1, 0.15) is 60.9 Å². The molecule has 1 saturated carbocycles. The molecule has 1 aliphatic carbocycles. The number of nitrogens with one attached hydrogen (secondary N) is 1. The van der Waals surface area contributed by atoms with Gasteiger partial charge in [-0.25, -0.2) is 0 Å². The maximum atomic E-state index is 12.5. The van der Waals surface area contributed by atoms with E-state index in [4.69, 9.17) is 0 Å². The molecule has 2 aliphatic heterocycles. The smallest absolute Gasteiger partial charge is 0.251 e. The highest BCUT2D eigenvalue weighted by atomic mass is 16.1. The zero-order valence-corrected chi connectivity index (χ0v) is 15.3. The SMILES string of the molecule is O=C(NC1CCN(C2CC2)CC1)c1ccc(CN2CCCCC2)cc1. The van der Waals surface area contributed by atoms with Crippen molar-refractivity contribution in [3.8, 4) is 0 Å². The van der Waals surface area contributed by atoms with Gasteiger partial charge in [-0.1, -0.05) is 18.6 Å². The first kappa shape index (κ1) is 17.0. The fourth-order valence-electron chi connectivity index (χ4n) is 4.25. The number of likely N-dealkylation sites (tertiary alicyclic amines) is 2. The molecule has 25 heavy (non-hydrogen) atoms. The van der Waals surface area contributed by atoms with Gasteiger partial charge in [0.1, 0.15) is 0 Å². The van der Waals surface area contributed by atoms with Crippen LogP contribution in [-0.4, -0.2) is 54.0 Å². The van der Waals surface area contributed by atoms with Crippen LogP contribution >= 0.6 is 0 Å². The third-order valence-corrected chi connectivity index (χ3v) is 6.00. The van der Waals surface area contributed by atoms with Crippen LogP contribution < -0.4 is 5.32 Å². The average Bonchev–Trinajstić information content (AvgIpc) is 3.49. The molecule has 0 atom stereocenters. The zero-order valence-electron chi connectivity index (χ0n) is 15.3. The van der Waals surface area contributed by atoms with Gasteiger partial charge in [0.15, 0.2) is 0 Å². The van der Waals surface area contributed by atoms with E-state index in [1.54, 1.807) is 0 Å². The number of carbonyl (C=O) groups excluding carboxylic acids is 1. The number of benzene rings is 1. The third kappa shape index (κ3) is 4.62. The molecule has 3 aliphatic rings. The minimum absolute atomic E-state index is 0.0920. The number of piperidine rings is 2. The van der Waals surface area contributed by atoms with Crippen LogP contribution in [0.3, 0.4) is 0 Å². The number of hydrogen-bond donors (Lipinski definition) is 1. The number of carbonyl (C=O) groups is 1. The minimum Gasteiger partial charge on any atom is -0.349 e. The van der Waals surface area contributed by atoms with Gasteiger partial charge in [-0.05, 0) is 69.3 Å². The summed E-state index contributed by atoms with van der Waals surface area (Å²) >= 11 is 0. The highest BCUT2D eigenvalue weighted by molar-refractivity contribution is 5.94. The highest BCUT2D eigenvalue weighted by Gasteiger charge is 2.32. The Kier molecular flexibility index (Phi) is 5.37. The van der Waals surface area contributed by atoms with Crippen molar-refractivity contribution < 1.29 is 4.79 Å². The molecular weight excluding hydrogens is 310 g/mol. The maximum absolute atomic E-state index is 12.5. The van der Waals surface area contributed by atoms with Crippen molar-refractivity contribution in [2.75, 3.05) is 26.2 Å². The first-order valence-electron chi connectivity index (χ1n) is 10.1. The quantitative estimate of drug-likeness (QED) is 0.894. The van der Waals surface area contributed by atoms with E-state index in [1.165, 1.54) is 50.8 Å². The first-order chi connectivity index (χ1) is 12.3. The van der Waals surface area contributed by atoms with Crippen LogP contribution in [0.5, 0.6) is 0 Å². The monoisotopic (exact) mass is 341 g/mol. The molecule has 4 rings (SSSR count). The number of amides is 1. The Hall–Kier alpha value is -1.39. The summed E-state index contributed by atoms with van der Waals surface area (Å²) in [5.41, 5.74) is 2.11. The standard InChI is InChI=1S/C21H31N3O/c25-21(22-19-10-14-24(15-11-19)20-8-9-20)18-6-4-17(5-7-18)16-23-12-2-1-3-13-23/h4-7,19-20H,1-3,8-16H2,(H,22,25). The van der Waals surface area contributed by atoms with Gasteiger partial charge in [-0.2, -0.15) is 0 Å². The molecule has 0 spiro atoms. The molecule has 3 fully saturated rings. The van der Waals surface area contributed by atoms with Gasteiger partial charge in [0.25, 0.3) is 5.91 Å². The molecule has 1 amide bonds. The summed E-state index contributed by atoms with van der Waals surface area (Å²) in [5.74, 6) is 0.0920. The van der Waals surface area contributed by atoms with Crippen LogP contribution in [0.15, 0.2) is 24.3 Å². The third-order valence-electron chi connectivity index (χ3n) is 6.00. The molecule has 2 heterocycles. The Morgan fingerprint density at radius 2 is 1.60 bits per heavy atom. The van der Waals surface area contributed by atoms with Gasteiger partial charge >= 0.3 is 0 Å². The van der Waals surface area contributed by atoms with E-state index in [1.807, 2.05) is 12.1 Å². The Labute approximate surface area is 151 Å². The van der Waals surface area contributed by atoms with Crippen LogP contribution in [-0.2, 0) is 6.54 Å². The summed E-state index contributed by atoms with van der Waals surface area (Å²) in [5, 5.41) is 3.24. The van der Waals surface area contributed by atoms with Crippen molar-refractivity contribution in [2.45, 2.75) is 63.6 Å². The van der Waals surface area contributed by atoms with Crippen molar-refractivity contribution in [3.63, 3.8) is 0 Å².